The summed E-state index contributed by atoms with van der Waals surface area (Å²) >= 11 is 0. The Labute approximate surface area is 319 Å². The maximum absolute atomic E-state index is 10.5. The van der Waals surface area contributed by atoms with Gasteiger partial charge in [-0.3, -0.25) is 0 Å². The molecular weight excluding hydrogens is 661 g/mol. The van der Waals surface area contributed by atoms with Crippen LogP contribution < -0.4 is 0 Å². The molecule has 0 amide bonds. The molecule has 6 heteroatoms. The van der Waals surface area contributed by atoms with Crippen molar-refractivity contribution in [2.75, 3.05) is 0 Å². The number of hydrogen-bond donors (Lipinski definition) is 2. The largest absolute Gasteiger partial charge is 0.413 e. The van der Waals surface area contributed by atoms with Gasteiger partial charge in [0.15, 0.2) is 16.6 Å². The third-order valence-corrected chi connectivity index (χ3v) is 23.5. The van der Waals surface area contributed by atoms with Gasteiger partial charge in [0, 0.05) is 5.92 Å². The van der Waals surface area contributed by atoms with Gasteiger partial charge >= 0.3 is 0 Å². The Bertz CT molecular complexity index is 1210. The van der Waals surface area contributed by atoms with Gasteiger partial charge in [-0.05, 0) is 150 Å². The van der Waals surface area contributed by atoms with Crippen molar-refractivity contribution in [3.05, 3.63) is 35.5 Å². The van der Waals surface area contributed by atoms with E-state index in [-0.39, 0.29) is 28.2 Å². The Balaban J connectivity index is 1.94. The second kappa shape index (κ2) is 16.3. The van der Waals surface area contributed by atoms with Gasteiger partial charge < -0.3 is 19.1 Å². The lowest BCUT2D eigenvalue weighted by molar-refractivity contribution is 0.0405. The van der Waals surface area contributed by atoms with Crippen molar-refractivity contribution in [1.82, 2.24) is 0 Å². The highest BCUT2D eigenvalue weighted by Crippen LogP contribution is 2.61. The Hall–Kier alpha value is -0.506. The minimum absolute atomic E-state index is 0.0277. The minimum Gasteiger partial charge on any atom is -0.413 e. The Morgan fingerprint density at radius 3 is 1.82 bits per heavy atom. The first kappa shape index (κ1) is 44.9. The Morgan fingerprint density at radius 2 is 1.33 bits per heavy atom. The molecule has 0 aromatic heterocycles. The van der Waals surface area contributed by atoms with Crippen LogP contribution in [0.15, 0.2) is 35.5 Å². The predicted molar refractivity (Wildman–Crippen MR) is 225 cm³/mol. The van der Waals surface area contributed by atoms with E-state index in [1.54, 1.807) is 5.57 Å². The SMILES string of the molecule is C=C1/C(=C\C=C2/CCC[C@]3(C)[C@@H](C(CCCC(C)(C)O)CCCC(C)(C)O)CC[C@@H]23)C[C@@H](O[Si](C)(C)C(C)(C)C)[C@H](C)[C@@H]1O[Si](C)(C)C(C)(C)C. The minimum atomic E-state index is -2.05. The van der Waals surface area contributed by atoms with Gasteiger partial charge in [-0.15, -0.1) is 0 Å². The summed E-state index contributed by atoms with van der Waals surface area (Å²) < 4.78 is 14.5. The molecule has 0 bridgehead atoms. The lowest BCUT2D eigenvalue weighted by Gasteiger charge is -2.48. The first-order valence-electron chi connectivity index (χ1n) is 20.9. The molecule has 6 atom stereocenters. The molecule has 0 spiro atoms. The zero-order chi connectivity index (χ0) is 39.0. The molecule has 0 heterocycles. The van der Waals surface area contributed by atoms with Crippen LogP contribution in [0.2, 0.25) is 36.3 Å². The van der Waals surface area contributed by atoms with Crippen molar-refractivity contribution in [1.29, 1.82) is 0 Å². The second-order valence-electron chi connectivity index (χ2n) is 22.0. The van der Waals surface area contributed by atoms with E-state index in [1.807, 2.05) is 27.7 Å². The standard InChI is InChI=1S/C45H84O4Si2/c1-32-36(31-39(48-50(14,15)41(3,4)5)33(2)40(32)49-51(16,17)42(6,7)8)25-24-35-23-20-30-45(13)37(26-27-38(35)45)34(21-18-28-43(9,10)46)22-19-29-44(11,12)47/h24-25,33-34,37-40,46-47H,1,18-23,26-31H2,2-17H3/b35-24+,36-25-/t33-,37+,38-,39+,40+,45+/m0/s1. The highest BCUT2D eigenvalue weighted by atomic mass is 28.4. The summed E-state index contributed by atoms with van der Waals surface area (Å²) in [4.78, 5) is 0. The molecule has 3 saturated carbocycles. The van der Waals surface area contributed by atoms with Crippen LogP contribution in [0, 0.1) is 29.1 Å². The molecule has 4 nitrogen and oxygen atoms in total. The zero-order valence-corrected chi connectivity index (χ0v) is 38.5. The number of hydrogen-bond acceptors (Lipinski definition) is 4. The predicted octanol–water partition coefficient (Wildman–Crippen LogP) is 12.9. The van der Waals surface area contributed by atoms with Gasteiger partial charge in [-0.25, -0.2) is 0 Å². The Kier molecular flexibility index (Phi) is 14.3. The Morgan fingerprint density at radius 1 is 0.824 bits per heavy atom. The molecule has 0 aliphatic heterocycles. The van der Waals surface area contributed by atoms with E-state index in [0.717, 1.165) is 32.1 Å². The van der Waals surface area contributed by atoms with E-state index in [1.165, 1.54) is 56.1 Å². The van der Waals surface area contributed by atoms with Crippen LogP contribution in [0.4, 0.5) is 0 Å². The van der Waals surface area contributed by atoms with E-state index in [4.69, 9.17) is 15.4 Å². The lowest BCUT2D eigenvalue weighted by Crippen LogP contribution is -2.53. The molecule has 0 aromatic rings. The van der Waals surface area contributed by atoms with E-state index in [0.29, 0.717) is 23.2 Å². The van der Waals surface area contributed by atoms with Crippen molar-refractivity contribution in [2.24, 2.45) is 29.1 Å². The third kappa shape index (κ3) is 11.5. The quantitative estimate of drug-likeness (QED) is 0.174. The highest BCUT2D eigenvalue weighted by molar-refractivity contribution is 6.74. The van der Waals surface area contributed by atoms with Gasteiger partial charge in [-0.2, -0.15) is 0 Å². The summed E-state index contributed by atoms with van der Waals surface area (Å²) in [6.07, 6.45) is 18.5. The molecule has 51 heavy (non-hydrogen) atoms. The summed E-state index contributed by atoms with van der Waals surface area (Å²) in [5, 5.41) is 21.3. The van der Waals surface area contributed by atoms with Crippen LogP contribution in [0.1, 0.15) is 160 Å². The van der Waals surface area contributed by atoms with Crippen LogP contribution >= 0.6 is 0 Å². The summed E-state index contributed by atoms with van der Waals surface area (Å²) in [7, 11) is -4.04. The first-order chi connectivity index (χ1) is 23.0. The van der Waals surface area contributed by atoms with E-state index >= 15 is 0 Å². The zero-order valence-electron chi connectivity index (χ0n) is 36.5. The smallest absolute Gasteiger partial charge is 0.192 e. The van der Waals surface area contributed by atoms with E-state index in [9.17, 15) is 10.2 Å². The van der Waals surface area contributed by atoms with Crippen molar-refractivity contribution in [3.8, 4) is 0 Å². The molecule has 0 saturated heterocycles. The molecule has 3 fully saturated rings. The van der Waals surface area contributed by atoms with Gasteiger partial charge in [0.2, 0.25) is 0 Å². The normalized spacial score (nSPS) is 30.5. The highest BCUT2D eigenvalue weighted by Gasteiger charge is 2.52. The summed E-state index contributed by atoms with van der Waals surface area (Å²) in [6.45, 7) is 41.1. The number of aliphatic hydroxyl groups is 2. The van der Waals surface area contributed by atoms with Crippen LogP contribution in [0.25, 0.3) is 0 Å². The van der Waals surface area contributed by atoms with Gasteiger partial charge in [-0.1, -0.05) is 105 Å². The fraction of sp³-hybridized carbons (Fsp3) is 0.867. The fourth-order valence-electron chi connectivity index (χ4n) is 9.18. The maximum atomic E-state index is 10.5. The van der Waals surface area contributed by atoms with Gasteiger partial charge in [0.1, 0.15) is 0 Å². The number of allylic oxidation sites excluding steroid dienone is 3. The van der Waals surface area contributed by atoms with Crippen molar-refractivity contribution >= 4 is 16.6 Å². The van der Waals surface area contributed by atoms with Crippen LogP contribution in [-0.4, -0.2) is 50.3 Å². The van der Waals surface area contributed by atoms with Crippen LogP contribution in [0.5, 0.6) is 0 Å². The average molecular weight is 745 g/mol. The van der Waals surface area contributed by atoms with Crippen molar-refractivity contribution in [3.63, 3.8) is 0 Å². The molecular formula is C45H84O4Si2. The molecule has 0 radical (unpaired) electrons. The average Bonchev–Trinajstić information content (AvgIpc) is 3.30. The molecule has 2 N–H and O–H groups in total. The lowest BCUT2D eigenvalue weighted by atomic mass is 9.60. The molecule has 296 valence electrons. The van der Waals surface area contributed by atoms with Crippen molar-refractivity contribution in [2.45, 2.75) is 220 Å². The van der Waals surface area contributed by atoms with E-state index in [2.05, 4.69) is 93.7 Å². The molecule has 0 aromatic carbocycles. The molecule has 3 aliphatic rings. The van der Waals surface area contributed by atoms with Gasteiger partial charge in [0.25, 0.3) is 0 Å². The third-order valence-electron chi connectivity index (χ3n) is 14.6. The molecule has 0 unspecified atom stereocenters. The summed E-state index contributed by atoms with van der Waals surface area (Å²) in [5.74, 6) is 2.21. The maximum Gasteiger partial charge on any atom is 0.192 e. The van der Waals surface area contributed by atoms with Crippen LogP contribution in [0.3, 0.4) is 0 Å². The topological polar surface area (TPSA) is 58.9 Å². The number of fused-ring (bicyclic) bond motifs is 1. The first-order valence-corrected chi connectivity index (χ1v) is 26.7. The van der Waals surface area contributed by atoms with E-state index < -0.39 is 27.8 Å². The van der Waals surface area contributed by atoms with Crippen molar-refractivity contribution < 1.29 is 19.1 Å². The van der Waals surface area contributed by atoms with Gasteiger partial charge in [0.05, 0.1) is 23.4 Å². The second-order valence-corrected chi connectivity index (χ2v) is 31.5. The number of rotatable bonds is 14. The monoisotopic (exact) mass is 745 g/mol. The fourth-order valence-corrected chi connectivity index (χ4v) is 11.9. The summed E-state index contributed by atoms with van der Waals surface area (Å²) in [6, 6.07) is 0. The molecule has 3 rings (SSSR count). The molecule has 3 aliphatic carbocycles. The summed E-state index contributed by atoms with van der Waals surface area (Å²) in [5.41, 5.74) is 3.21. The van der Waals surface area contributed by atoms with Crippen LogP contribution in [-0.2, 0) is 8.85 Å².